The summed E-state index contributed by atoms with van der Waals surface area (Å²) in [6, 6.07) is 14.5. The Morgan fingerprint density at radius 1 is 0.906 bits per heavy atom. The molecule has 0 atom stereocenters. The van der Waals surface area contributed by atoms with Crippen molar-refractivity contribution in [2.45, 2.75) is 96.3 Å². The first-order chi connectivity index (χ1) is 15.0. The Morgan fingerprint density at radius 3 is 2.00 bits per heavy atom. The lowest BCUT2D eigenvalue weighted by atomic mass is 9.61. The molecule has 0 unspecified atom stereocenters. The van der Waals surface area contributed by atoms with Crippen molar-refractivity contribution in [2.24, 2.45) is 0 Å². The van der Waals surface area contributed by atoms with Gasteiger partial charge in [-0.15, -0.1) is 0 Å². The van der Waals surface area contributed by atoms with Crippen LogP contribution in [0, 0.1) is 0 Å². The molecular weight excluding hydrogens is 392 g/mol. The first kappa shape index (κ1) is 24.3. The molecule has 0 saturated heterocycles. The summed E-state index contributed by atoms with van der Waals surface area (Å²) in [4.78, 5) is 11.2. The predicted molar refractivity (Wildman–Crippen MR) is 136 cm³/mol. The van der Waals surface area contributed by atoms with Gasteiger partial charge in [0.1, 0.15) is 0 Å². The Kier molecular flexibility index (Phi) is 7.03. The van der Waals surface area contributed by atoms with Crippen LogP contribution in [-0.4, -0.2) is 11.1 Å². The summed E-state index contributed by atoms with van der Waals surface area (Å²) in [5.41, 5.74) is 6.23. The summed E-state index contributed by atoms with van der Waals surface area (Å²) in [6.07, 6.45) is 11.5. The molecule has 1 N–H and O–H groups in total. The minimum Gasteiger partial charge on any atom is -0.478 e. The Hall–Kier alpha value is -2.35. The third-order valence-electron chi connectivity index (χ3n) is 7.57. The molecule has 0 aromatic heterocycles. The number of carbonyl (C=O) groups is 1. The highest BCUT2D eigenvalue weighted by molar-refractivity contribution is 5.87. The first-order valence-electron chi connectivity index (χ1n) is 12.2. The number of allylic oxidation sites excluding steroid dienone is 1. The number of carboxylic acid groups (broad SMARTS) is 1. The van der Waals surface area contributed by atoms with Crippen molar-refractivity contribution >= 4 is 12.0 Å². The molecule has 0 spiro atoms. The van der Waals surface area contributed by atoms with Crippen molar-refractivity contribution in [3.63, 3.8) is 0 Å². The van der Waals surface area contributed by atoms with Crippen molar-refractivity contribution in [1.29, 1.82) is 0 Å². The third-order valence-corrected chi connectivity index (χ3v) is 7.57. The lowest BCUT2D eigenvalue weighted by Gasteiger charge is -2.43. The first-order valence-corrected chi connectivity index (χ1v) is 12.2. The van der Waals surface area contributed by atoms with Crippen molar-refractivity contribution in [3.05, 3.63) is 76.4 Å². The van der Waals surface area contributed by atoms with Crippen molar-refractivity contribution in [2.75, 3.05) is 0 Å². The minimum absolute atomic E-state index is 0.0122. The zero-order valence-electron chi connectivity index (χ0n) is 20.8. The van der Waals surface area contributed by atoms with Gasteiger partial charge in [-0.3, -0.25) is 0 Å². The Bertz CT molecular complexity index is 970. The van der Waals surface area contributed by atoms with E-state index in [1.807, 2.05) is 12.1 Å². The standard InChI is InChI=1S/C30H40O2/c1-7-16-30(17-8-2,18-15-22-9-11-23(12-10-22)27(31)32)24-13-14-25-26(21-24)29(5,6)20-19-28(25,3)4/h9-15,18,21H,7-8,16-17,19-20H2,1-6H3,(H,31,32). The van der Waals surface area contributed by atoms with Gasteiger partial charge >= 0.3 is 5.97 Å². The van der Waals surface area contributed by atoms with Crippen LogP contribution in [0.25, 0.3) is 6.08 Å². The quantitative estimate of drug-likeness (QED) is 0.455. The lowest BCUT2D eigenvalue weighted by molar-refractivity contribution is 0.0697. The molecule has 1 aliphatic rings. The number of rotatable bonds is 8. The average molecular weight is 433 g/mol. The van der Waals surface area contributed by atoms with Gasteiger partial charge in [-0.1, -0.05) is 96.9 Å². The van der Waals surface area contributed by atoms with Crippen molar-refractivity contribution < 1.29 is 9.90 Å². The van der Waals surface area contributed by atoms with Crippen LogP contribution < -0.4 is 0 Å². The van der Waals surface area contributed by atoms with Gasteiger partial charge in [-0.25, -0.2) is 4.79 Å². The molecule has 0 radical (unpaired) electrons. The molecular formula is C30H40O2. The van der Waals surface area contributed by atoms with E-state index in [9.17, 15) is 9.90 Å². The maximum atomic E-state index is 11.2. The molecule has 0 amide bonds. The second-order valence-corrected chi connectivity index (χ2v) is 10.9. The van der Waals surface area contributed by atoms with Crippen LogP contribution in [0.4, 0.5) is 0 Å². The second-order valence-electron chi connectivity index (χ2n) is 10.9. The molecule has 0 heterocycles. The molecule has 172 valence electrons. The number of aromatic carboxylic acids is 1. The molecule has 0 saturated carbocycles. The summed E-state index contributed by atoms with van der Waals surface area (Å²) >= 11 is 0. The maximum Gasteiger partial charge on any atom is 0.335 e. The van der Waals surface area contributed by atoms with Gasteiger partial charge in [0, 0.05) is 5.41 Å². The van der Waals surface area contributed by atoms with Crippen LogP contribution >= 0.6 is 0 Å². The zero-order valence-corrected chi connectivity index (χ0v) is 20.8. The summed E-state index contributed by atoms with van der Waals surface area (Å²) in [7, 11) is 0. The molecule has 2 aromatic rings. The molecule has 2 heteroatoms. The van der Waals surface area contributed by atoms with Crippen LogP contribution in [0.5, 0.6) is 0 Å². The molecule has 1 aliphatic carbocycles. The number of hydrogen-bond donors (Lipinski definition) is 1. The van der Waals surface area contributed by atoms with Crippen molar-refractivity contribution in [1.82, 2.24) is 0 Å². The largest absolute Gasteiger partial charge is 0.478 e. The number of benzene rings is 2. The zero-order chi connectivity index (χ0) is 23.6. The van der Waals surface area contributed by atoms with E-state index in [1.54, 1.807) is 12.1 Å². The van der Waals surface area contributed by atoms with Gasteiger partial charge in [-0.2, -0.15) is 0 Å². The average Bonchev–Trinajstić information content (AvgIpc) is 2.76. The fourth-order valence-electron chi connectivity index (χ4n) is 5.46. The van der Waals surface area contributed by atoms with Gasteiger partial charge in [0.25, 0.3) is 0 Å². The summed E-state index contributed by atoms with van der Waals surface area (Å²) in [5, 5.41) is 9.18. The summed E-state index contributed by atoms with van der Waals surface area (Å²) in [5.74, 6) is -0.883. The van der Waals surface area contributed by atoms with E-state index < -0.39 is 5.97 Å². The fourth-order valence-corrected chi connectivity index (χ4v) is 5.46. The van der Waals surface area contributed by atoms with E-state index in [0.29, 0.717) is 5.56 Å². The third kappa shape index (κ3) is 4.85. The minimum atomic E-state index is -0.883. The molecule has 0 aliphatic heterocycles. The monoisotopic (exact) mass is 432 g/mol. The van der Waals surface area contributed by atoms with Gasteiger partial charge < -0.3 is 5.11 Å². The smallest absolute Gasteiger partial charge is 0.335 e. The molecule has 2 nitrogen and oxygen atoms in total. The van der Waals surface area contributed by atoms with E-state index in [0.717, 1.165) is 31.2 Å². The Labute approximate surface area is 194 Å². The summed E-state index contributed by atoms with van der Waals surface area (Å²) in [6.45, 7) is 14.1. The summed E-state index contributed by atoms with van der Waals surface area (Å²) < 4.78 is 0. The Balaban J connectivity index is 2.08. The van der Waals surface area contributed by atoms with E-state index in [4.69, 9.17) is 0 Å². The van der Waals surface area contributed by atoms with Crippen LogP contribution in [0.1, 0.15) is 113 Å². The number of fused-ring (bicyclic) bond motifs is 1. The van der Waals surface area contributed by atoms with E-state index in [-0.39, 0.29) is 16.2 Å². The normalized spacial score (nSPS) is 17.3. The van der Waals surface area contributed by atoms with Crippen LogP contribution in [0.2, 0.25) is 0 Å². The van der Waals surface area contributed by atoms with E-state index >= 15 is 0 Å². The molecule has 0 fully saturated rings. The highest BCUT2D eigenvalue weighted by atomic mass is 16.4. The van der Waals surface area contributed by atoms with Gasteiger partial charge in [-0.05, 0) is 70.9 Å². The van der Waals surface area contributed by atoms with E-state index in [2.05, 4.69) is 71.9 Å². The van der Waals surface area contributed by atoms with Gasteiger partial charge in [0.15, 0.2) is 0 Å². The van der Waals surface area contributed by atoms with Crippen LogP contribution in [-0.2, 0) is 16.2 Å². The maximum absolute atomic E-state index is 11.2. The molecule has 2 aromatic carbocycles. The highest BCUT2D eigenvalue weighted by Crippen LogP contribution is 2.48. The van der Waals surface area contributed by atoms with Crippen molar-refractivity contribution in [3.8, 4) is 0 Å². The lowest BCUT2D eigenvalue weighted by Crippen LogP contribution is -2.35. The van der Waals surface area contributed by atoms with E-state index in [1.165, 1.54) is 29.5 Å². The van der Waals surface area contributed by atoms with Gasteiger partial charge in [0.05, 0.1) is 5.56 Å². The number of carboxylic acids is 1. The predicted octanol–water partition coefficient (Wildman–Crippen LogP) is 8.29. The topological polar surface area (TPSA) is 37.3 Å². The molecule has 32 heavy (non-hydrogen) atoms. The Morgan fingerprint density at radius 2 is 1.47 bits per heavy atom. The highest BCUT2D eigenvalue weighted by Gasteiger charge is 2.38. The van der Waals surface area contributed by atoms with Crippen LogP contribution in [0.3, 0.4) is 0 Å². The molecule has 0 bridgehead atoms. The SMILES string of the molecule is CCCC(C=Cc1ccc(C(=O)O)cc1)(CCC)c1ccc2c(c1)C(C)(C)CCC2(C)C. The second kappa shape index (κ2) is 9.25. The molecule has 3 rings (SSSR count). The number of hydrogen-bond acceptors (Lipinski definition) is 1. The fraction of sp³-hybridized carbons (Fsp3) is 0.500. The van der Waals surface area contributed by atoms with Crippen LogP contribution in [0.15, 0.2) is 48.5 Å². The van der Waals surface area contributed by atoms with Gasteiger partial charge in [0.2, 0.25) is 0 Å².